The standard InChI is InChI=1S/C17H14FNO2/c18-12-3-1-2-4-13(12)19-16(20)14-8-5-6-9(11-7-10(8)11)15(14)17(19)21/h1-6,8-11,14-15H,7H2/t8-,9-,10-,11+,14-,15-/m1/s1. The number of amides is 2. The number of halogens is 1. The minimum absolute atomic E-state index is 0.106. The lowest BCUT2D eigenvalue weighted by Crippen LogP contribution is -2.40. The largest absolute Gasteiger partial charge is 0.274 e. The van der Waals surface area contributed by atoms with Crippen molar-refractivity contribution < 1.29 is 14.0 Å². The molecule has 1 aliphatic heterocycles. The lowest BCUT2D eigenvalue weighted by atomic mass is 9.63. The fourth-order valence-electron chi connectivity index (χ4n) is 4.83. The molecule has 1 aromatic rings. The number of nitrogens with zero attached hydrogens (tertiary/aromatic N) is 1. The van der Waals surface area contributed by atoms with Gasteiger partial charge in [-0.15, -0.1) is 0 Å². The van der Waals surface area contributed by atoms with Gasteiger partial charge in [-0.25, -0.2) is 9.29 Å². The first-order valence-electron chi connectivity index (χ1n) is 7.49. The average molecular weight is 283 g/mol. The van der Waals surface area contributed by atoms with Crippen LogP contribution < -0.4 is 4.90 Å². The molecule has 2 bridgehead atoms. The van der Waals surface area contributed by atoms with Crippen molar-refractivity contribution in [2.45, 2.75) is 6.42 Å². The van der Waals surface area contributed by atoms with Crippen LogP contribution in [0.2, 0.25) is 0 Å². The maximum atomic E-state index is 14.0. The molecule has 2 saturated carbocycles. The van der Waals surface area contributed by atoms with Gasteiger partial charge in [-0.3, -0.25) is 9.59 Å². The second-order valence-corrected chi connectivity index (χ2v) is 6.62. The number of carbonyl (C=O) groups excluding carboxylic acids is 2. The molecule has 6 rings (SSSR count). The Morgan fingerprint density at radius 2 is 1.52 bits per heavy atom. The monoisotopic (exact) mass is 283 g/mol. The average Bonchev–Trinajstić information content (AvgIpc) is 3.26. The van der Waals surface area contributed by atoms with E-state index in [-0.39, 0.29) is 41.2 Å². The van der Waals surface area contributed by atoms with Crippen LogP contribution >= 0.6 is 0 Å². The van der Waals surface area contributed by atoms with E-state index in [1.54, 1.807) is 12.1 Å². The molecule has 4 aliphatic carbocycles. The van der Waals surface area contributed by atoms with Crippen LogP contribution in [0.3, 0.4) is 0 Å². The summed E-state index contributed by atoms with van der Waals surface area (Å²) in [4.78, 5) is 26.6. The third-order valence-corrected chi connectivity index (χ3v) is 5.76. The Morgan fingerprint density at radius 1 is 0.952 bits per heavy atom. The highest BCUT2D eigenvalue weighted by Gasteiger charge is 2.67. The van der Waals surface area contributed by atoms with Crippen molar-refractivity contribution in [2.75, 3.05) is 4.90 Å². The molecule has 3 fully saturated rings. The van der Waals surface area contributed by atoms with E-state index in [9.17, 15) is 14.0 Å². The Kier molecular flexibility index (Phi) is 2.01. The molecular weight excluding hydrogens is 269 g/mol. The van der Waals surface area contributed by atoms with E-state index < -0.39 is 5.82 Å². The summed E-state index contributed by atoms with van der Waals surface area (Å²) in [5.74, 6) is 0.0308. The number of hydrogen-bond acceptors (Lipinski definition) is 2. The Balaban J connectivity index is 1.62. The number of benzene rings is 1. The van der Waals surface area contributed by atoms with Gasteiger partial charge >= 0.3 is 0 Å². The summed E-state index contributed by atoms with van der Waals surface area (Å²) in [7, 11) is 0. The van der Waals surface area contributed by atoms with Gasteiger partial charge in [0.15, 0.2) is 0 Å². The van der Waals surface area contributed by atoms with E-state index in [1.165, 1.54) is 12.1 Å². The van der Waals surface area contributed by atoms with Gasteiger partial charge in [0.05, 0.1) is 17.5 Å². The molecule has 0 radical (unpaired) electrons. The maximum absolute atomic E-state index is 14.0. The minimum atomic E-state index is -0.511. The zero-order chi connectivity index (χ0) is 14.3. The number of anilines is 1. The summed E-state index contributed by atoms with van der Waals surface area (Å²) in [5.41, 5.74) is 0.106. The Hall–Kier alpha value is -1.97. The summed E-state index contributed by atoms with van der Waals surface area (Å²) in [6.45, 7) is 0. The second-order valence-electron chi connectivity index (χ2n) is 6.62. The second kappa shape index (κ2) is 3.62. The first-order valence-corrected chi connectivity index (χ1v) is 7.49. The van der Waals surface area contributed by atoms with Gasteiger partial charge in [-0.1, -0.05) is 24.3 Å². The molecule has 0 spiro atoms. The third-order valence-electron chi connectivity index (χ3n) is 5.76. The zero-order valence-corrected chi connectivity index (χ0v) is 11.3. The van der Waals surface area contributed by atoms with Crippen molar-refractivity contribution in [3.05, 3.63) is 42.2 Å². The van der Waals surface area contributed by atoms with E-state index in [0.717, 1.165) is 11.3 Å². The van der Waals surface area contributed by atoms with E-state index in [0.29, 0.717) is 11.8 Å². The molecule has 5 aliphatic rings. The Bertz CT molecular complexity index is 676. The van der Waals surface area contributed by atoms with Crippen LogP contribution in [0.1, 0.15) is 6.42 Å². The van der Waals surface area contributed by atoms with Crippen molar-refractivity contribution in [2.24, 2.45) is 35.5 Å². The highest BCUT2D eigenvalue weighted by molar-refractivity contribution is 6.22. The molecule has 1 heterocycles. The Labute approximate surface area is 121 Å². The zero-order valence-electron chi connectivity index (χ0n) is 11.3. The van der Waals surface area contributed by atoms with Crippen LogP contribution in [0.4, 0.5) is 10.1 Å². The van der Waals surface area contributed by atoms with Crippen LogP contribution in [0.15, 0.2) is 36.4 Å². The van der Waals surface area contributed by atoms with E-state index in [4.69, 9.17) is 0 Å². The molecule has 106 valence electrons. The summed E-state index contributed by atoms with van der Waals surface area (Å²) >= 11 is 0. The van der Waals surface area contributed by atoms with Crippen LogP contribution in [-0.4, -0.2) is 11.8 Å². The molecule has 1 aromatic carbocycles. The SMILES string of the molecule is O=C1[C@@H]2[C@@H]3C=C[C@H]([C@@H]4C[C@H]34)[C@H]2C(=O)N1c1ccccc1F. The van der Waals surface area contributed by atoms with E-state index in [2.05, 4.69) is 12.2 Å². The van der Waals surface area contributed by atoms with Gasteiger partial charge in [0.2, 0.25) is 11.8 Å². The number of imide groups is 1. The fraction of sp³-hybridized carbons (Fsp3) is 0.412. The van der Waals surface area contributed by atoms with Gasteiger partial charge in [0.1, 0.15) is 5.82 Å². The Morgan fingerprint density at radius 3 is 2.10 bits per heavy atom. The molecule has 0 aromatic heterocycles. The molecule has 0 unspecified atom stereocenters. The predicted molar refractivity (Wildman–Crippen MR) is 73.6 cm³/mol. The highest BCUT2D eigenvalue weighted by Crippen LogP contribution is 2.65. The maximum Gasteiger partial charge on any atom is 0.238 e. The normalized spacial score (nSPS) is 42.2. The fourth-order valence-corrected chi connectivity index (χ4v) is 4.83. The first kappa shape index (κ1) is 11.7. The summed E-state index contributed by atoms with van der Waals surface area (Å²) < 4.78 is 14.0. The summed E-state index contributed by atoms with van der Waals surface area (Å²) in [6.07, 6.45) is 5.38. The van der Waals surface area contributed by atoms with Crippen LogP contribution in [-0.2, 0) is 9.59 Å². The highest BCUT2D eigenvalue weighted by atomic mass is 19.1. The van der Waals surface area contributed by atoms with Gasteiger partial charge in [0.25, 0.3) is 0 Å². The van der Waals surface area contributed by atoms with Crippen molar-refractivity contribution in [1.29, 1.82) is 0 Å². The van der Waals surface area contributed by atoms with Gasteiger partial charge < -0.3 is 0 Å². The van der Waals surface area contributed by atoms with E-state index >= 15 is 0 Å². The van der Waals surface area contributed by atoms with E-state index in [1.807, 2.05) is 0 Å². The van der Waals surface area contributed by atoms with Crippen LogP contribution in [0.25, 0.3) is 0 Å². The molecular formula is C17H14FNO2. The molecule has 6 atom stereocenters. The van der Waals surface area contributed by atoms with Gasteiger partial charge in [-0.05, 0) is 42.2 Å². The van der Waals surface area contributed by atoms with Gasteiger partial charge in [-0.2, -0.15) is 0 Å². The van der Waals surface area contributed by atoms with Gasteiger partial charge in [0, 0.05) is 0 Å². The number of rotatable bonds is 1. The topological polar surface area (TPSA) is 37.4 Å². The molecule has 21 heavy (non-hydrogen) atoms. The van der Waals surface area contributed by atoms with Crippen LogP contribution in [0.5, 0.6) is 0 Å². The van der Waals surface area contributed by atoms with Crippen molar-refractivity contribution in [3.63, 3.8) is 0 Å². The number of hydrogen-bond donors (Lipinski definition) is 0. The minimum Gasteiger partial charge on any atom is -0.274 e. The first-order chi connectivity index (χ1) is 10.2. The number of para-hydroxylation sites is 1. The molecule has 0 N–H and O–H groups in total. The summed E-state index contributed by atoms with van der Waals surface area (Å²) in [5, 5.41) is 0. The molecule has 3 nitrogen and oxygen atoms in total. The third kappa shape index (κ3) is 1.29. The molecule has 2 amide bonds. The molecule has 1 saturated heterocycles. The quantitative estimate of drug-likeness (QED) is 0.586. The van der Waals surface area contributed by atoms with Crippen molar-refractivity contribution in [3.8, 4) is 0 Å². The smallest absolute Gasteiger partial charge is 0.238 e. The number of allylic oxidation sites excluding steroid dienone is 2. The molecule has 4 heteroatoms. The predicted octanol–water partition coefficient (Wildman–Crippen LogP) is 2.38. The van der Waals surface area contributed by atoms with Crippen LogP contribution in [0, 0.1) is 41.3 Å². The number of carbonyl (C=O) groups is 2. The van der Waals surface area contributed by atoms with Crippen molar-refractivity contribution >= 4 is 17.5 Å². The lowest BCUT2D eigenvalue weighted by Gasteiger charge is -2.37. The summed E-state index contributed by atoms with van der Waals surface area (Å²) in [6, 6.07) is 6.03. The lowest BCUT2D eigenvalue weighted by molar-refractivity contribution is -0.124. The van der Waals surface area contributed by atoms with Crippen molar-refractivity contribution in [1.82, 2.24) is 0 Å².